The Balaban J connectivity index is 2.15. The third-order valence-electron chi connectivity index (χ3n) is 3.76. The maximum atomic E-state index is 11.2. The van der Waals surface area contributed by atoms with E-state index in [0.717, 1.165) is 16.9 Å². The summed E-state index contributed by atoms with van der Waals surface area (Å²) >= 11 is 13.5. The standard InChI is InChI=1S/C18H17Cl2N5OS/c1-24(2)12-5-3-4-11(8-12)17-22-23-18(27-10-16(21)26)25(17)13-6-7-14(19)15(20)9-13/h3-9H,10H2,1-2H3,(H2,21,26). The van der Waals surface area contributed by atoms with Crippen LogP contribution in [0.3, 0.4) is 0 Å². The average molecular weight is 422 g/mol. The number of hydrogen-bond donors (Lipinski definition) is 1. The third-order valence-corrected chi connectivity index (χ3v) is 5.45. The van der Waals surface area contributed by atoms with Gasteiger partial charge in [0, 0.05) is 25.3 Å². The summed E-state index contributed by atoms with van der Waals surface area (Å²) in [5.41, 5.74) is 7.94. The highest BCUT2D eigenvalue weighted by Gasteiger charge is 2.18. The number of rotatable bonds is 6. The first-order valence-electron chi connectivity index (χ1n) is 7.96. The van der Waals surface area contributed by atoms with E-state index in [1.54, 1.807) is 12.1 Å². The second kappa shape index (κ2) is 8.21. The minimum Gasteiger partial charge on any atom is -0.378 e. The number of carbonyl (C=O) groups excluding carboxylic acids is 1. The molecule has 0 aliphatic rings. The fraction of sp³-hybridized carbons (Fsp3) is 0.167. The third kappa shape index (κ3) is 4.37. The maximum absolute atomic E-state index is 11.2. The zero-order chi connectivity index (χ0) is 19.6. The molecule has 0 aliphatic carbocycles. The molecule has 2 N–H and O–H groups in total. The van der Waals surface area contributed by atoms with Gasteiger partial charge >= 0.3 is 0 Å². The van der Waals surface area contributed by atoms with Crippen molar-refractivity contribution >= 4 is 46.6 Å². The number of amides is 1. The molecule has 1 heterocycles. The molecule has 0 spiro atoms. The number of benzene rings is 2. The van der Waals surface area contributed by atoms with Crippen LogP contribution in [0.5, 0.6) is 0 Å². The first-order chi connectivity index (χ1) is 12.9. The molecule has 6 nitrogen and oxygen atoms in total. The van der Waals surface area contributed by atoms with E-state index in [1.807, 2.05) is 53.9 Å². The Kier molecular flexibility index (Phi) is 5.94. The highest BCUT2D eigenvalue weighted by Crippen LogP contribution is 2.32. The Labute approximate surface area is 171 Å². The van der Waals surface area contributed by atoms with Gasteiger partial charge in [0.05, 0.1) is 21.5 Å². The molecule has 3 aromatic rings. The fourth-order valence-corrected chi connectivity index (χ4v) is 3.45. The highest BCUT2D eigenvalue weighted by molar-refractivity contribution is 7.99. The number of halogens is 2. The van der Waals surface area contributed by atoms with Crippen molar-refractivity contribution in [3.8, 4) is 17.1 Å². The monoisotopic (exact) mass is 421 g/mol. The van der Waals surface area contributed by atoms with E-state index in [4.69, 9.17) is 28.9 Å². The lowest BCUT2D eigenvalue weighted by Crippen LogP contribution is -2.13. The molecule has 2 aromatic carbocycles. The van der Waals surface area contributed by atoms with Crippen molar-refractivity contribution in [2.24, 2.45) is 5.73 Å². The Hall–Kier alpha value is -2.22. The molecular formula is C18H17Cl2N5OS. The van der Waals surface area contributed by atoms with Gasteiger partial charge in [0.25, 0.3) is 0 Å². The highest BCUT2D eigenvalue weighted by atomic mass is 35.5. The maximum Gasteiger partial charge on any atom is 0.227 e. The van der Waals surface area contributed by atoms with Crippen molar-refractivity contribution in [3.05, 3.63) is 52.5 Å². The summed E-state index contributed by atoms with van der Waals surface area (Å²) in [4.78, 5) is 13.2. The van der Waals surface area contributed by atoms with Gasteiger partial charge in [-0.1, -0.05) is 47.1 Å². The molecule has 9 heteroatoms. The van der Waals surface area contributed by atoms with Crippen LogP contribution in [0.2, 0.25) is 10.0 Å². The lowest BCUT2D eigenvalue weighted by Gasteiger charge is -2.15. The van der Waals surface area contributed by atoms with Gasteiger partial charge in [-0.05, 0) is 30.3 Å². The van der Waals surface area contributed by atoms with Crippen LogP contribution >= 0.6 is 35.0 Å². The van der Waals surface area contributed by atoms with E-state index in [2.05, 4.69) is 10.2 Å². The average Bonchev–Trinajstić information content (AvgIpc) is 3.06. The number of hydrogen-bond acceptors (Lipinski definition) is 5. The molecule has 0 fully saturated rings. The van der Waals surface area contributed by atoms with Gasteiger partial charge in [-0.3, -0.25) is 9.36 Å². The number of primary amides is 1. The molecule has 140 valence electrons. The Morgan fingerprint density at radius 1 is 1.15 bits per heavy atom. The number of nitrogens with zero attached hydrogens (tertiary/aromatic N) is 4. The van der Waals surface area contributed by atoms with Gasteiger partial charge in [0.1, 0.15) is 0 Å². The van der Waals surface area contributed by atoms with Crippen molar-refractivity contribution in [2.75, 3.05) is 24.7 Å². The normalized spacial score (nSPS) is 10.8. The summed E-state index contributed by atoms with van der Waals surface area (Å²) < 4.78 is 1.84. The molecule has 0 atom stereocenters. The van der Waals surface area contributed by atoms with Gasteiger partial charge in [0.15, 0.2) is 11.0 Å². The predicted octanol–water partition coefficient (Wildman–Crippen LogP) is 3.88. The smallest absolute Gasteiger partial charge is 0.227 e. The van der Waals surface area contributed by atoms with Crippen LogP contribution in [-0.2, 0) is 4.79 Å². The number of thioether (sulfide) groups is 1. The topological polar surface area (TPSA) is 77.0 Å². The zero-order valence-electron chi connectivity index (χ0n) is 14.7. The number of anilines is 1. The van der Waals surface area contributed by atoms with Crippen molar-refractivity contribution in [3.63, 3.8) is 0 Å². The molecule has 27 heavy (non-hydrogen) atoms. The largest absolute Gasteiger partial charge is 0.378 e. The quantitative estimate of drug-likeness (QED) is 0.610. The Morgan fingerprint density at radius 3 is 2.59 bits per heavy atom. The van der Waals surface area contributed by atoms with Gasteiger partial charge in [-0.2, -0.15) is 0 Å². The summed E-state index contributed by atoms with van der Waals surface area (Å²) in [6.07, 6.45) is 0. The molecule has 1 amide bonds. The van der Waals surface area contributed by atoms with E-state index in [0.29, 0.717) is 21.0 Å². The van der Waals surface area contributed by atoms with Crippen LogP contribution in [0.1, 0.15) is 0 Å². The Bertz CT molecular complexity index is 990. The predicted molar refractivity (Wildman–Crippen MR) is 111 cm³/mol. The molecular weight excluding hydrogens is 405 g/mol. The van der Waals surface area contributed by atoms with Crippen molar-refractivity contribution in [1.29, 1.82) is 0 Å². The molecule has 0 radical (unpaired) electrons. The van der Waals surface area contributed by atoms with Crippen molar-refractivity contribution in [1.82, 2.24) is 14.8 Å². The van der Waals surface area contributed by atoms with Crippen LogP contribution in [0.4, 0.5) is 5.69 Å². The Morgan fingerprint density at radius 2 is 1.93 bits per heavy atom. The molecule has 0 saturated heterocycles. The van der Waals surface area contributed by atoms with Crippen molar-refractivity contribution < 1.29 is 4.79 Å². The number of nitrogens with two attached hydrogens (primary N) is 1. The summed E-state index contributed by atoms with van der Waals surface area (Å²) in [7, 11) is 3.94. The van der Waals surface area contributed by atoms with Crippen LogP contribution in [0, 0.1) is 0 Å². The lowest BCUT2D eigenvalue weighted by atomic mass is 10.1. The number of aromatic nitrogens is 3. The SMILES string of the molecule is CN(C)c1cccc(-c2nnc(SCC(N)=O)n2-c2ccc(Cl)c(Cl)c2)c1. The molecule has 0 unspecified atom stereocenters. The lowest BCUT2D eigenvalue weighted by molar-refractivity contribution is -0.115. The molecule has 3 rings (SSSR count). The van der Waals surface area contributed by atoms with Crippen molar-refractivity contribution in [2.45, 2.75) is 5.16 Å². The fourth-order valence-electron chi connectivity index (χ4n) is 2.47. The van der Waals surface area contributed by atoms with E-state index < -0.39 is 5.91 Å². The zero-order valence-corrected chi connectivity index (χ0v) is 17.0. The second-order valence-electron chi connectivity index (χ2n) is 5.94. The number of carbonyl (C=O) groups is 1. The minimum absolute atomic E-state index is 0.0944. The molecule has 1 aromatic heterocycles. The molecule has 0 bridgehead atoms. The second-order valence-corrected chi connectivity index (χ2v) is 7.70. The van der Waals surface area contributed by atoms with Gasteiger partial charge in [-0.15, -0.1) is 10.2 Å². The summed E-state index contributed by atoms with van der Waals surface area (Å²) in [5, 5.41) is 10.00. The van der Waals surface area contributed by atoms with Crippen LogP contribution in [0.25, 0.3) is 17.1 Å². The summed E-state index contributed by atoms with van der Waals surface area (Å²) in [6.45, 7) is 0. The molecule has 0 aliphatic heterocycles. The molecule has 0 saturated carbocycles. The summed E-state index contributed by atoms with van der Waals surface area (Å²) in [5.74, 6) is 0.292. The van der Waals surface area contributed by atoms with Gasteiger partial charge in [-0.25, -0.2) is 0 Å². The van der Waals surface area contributed by atoms with Gasteiger partial charge < -0.3 is 10.6 Å². The minimum atomic E-state index is -0.431. The van der Waals surface area contributed by atoms with Crippen LogP contribution in [-0.4, -0.2) is 40.5 Å². The van der Waals surface area contributed by atoms with E-state index in [1.165, 1.54) is 11.8 Å². The van der Waals surface area contributed by atoms with Gasteiger partial charge in [0.2, 0.25) is 5.91 Å². The van der Waals surface area contributed by atoms with E-state index >= 15 is 0 Å². The van der Waals surface area contributed by atoms with E-state index in [-0.39, 0.29) is 5.75 Å². The first kappa shape index (κ1) is 19.5. The van der Waals surface area contributed by atoms with E-state index in [9.17, 15) is 4.79 Å². The van der Waals surface area contributed by atoms with Crippen LogP contribution < -0.4 is 10.6 Å². The first-order valence-corrected chi connectivity index (χ1v) is 9.70. The van der Waals surface area contributed by atoms with Crippen LogP contribution in [0.15, 0.2) is 47.6 Å². The summed E-state index contributed by atoms with van der Waals surface area (Å²) in [6, 6.07) is 13.2.